The number of halogens is 1. The van der Waals surface area contributed by atoms with Crippen molar-refractivity contribution >= 4 is 68.6 Å². The molecule has 0 fully saturated rings. The maximum Gasteiger partial charge on any atom is 0.101 e. The van der Waals surface area contributed by atoms with Crippen LogP contribution in [0, 0.1) is 26.2 Å². The zero-order valence-electron chi connectivity index (χ0n) is 28.5. The first-order valence-corrected chi connectivity index (χ1v) is 20.1. The van der Waals surface area contributed by atoms with Gasteiger partial charge in [-0.2, -0.15) is 10.5 Å². The van der Waals surface area contributed by atoms with E-state index in [4.69, 9.17) is 0 Å². The molecule has 0 bridgehead atoms. The van der Waals surface area contributed by atoms with Gasteiger partial charge in [0, 0.05) is 23.1 Å². The van der Waals surface area contributed by atoms with Crippen LogP contribution in [0.15, 0.2) is 91.0 Å². The zero-order valence-corrected chi connectivity index (χ0v) is 32.3. The Labute approximate surface area is 314 Å². The predicted octanol–water partition coefficient (Wildman–Crippen LogP) is 14.1. The van der Waals surface area contributed by atoms with Crippen LogP contribution in [0.2, 0.25) is 0 Å². The van der Waals surface area contributed by atoms with Gasteiger partial charge in [-0.1, -0.05) is 107 Å². The van der Waals surface area contributed by atoms with E-state index in [0.717, 1.165) is 56.3 Å². The fraction of sp³-hybridized carbons (Fsp3) is 0.273. The first-order chi connectivity index (χ1) is 24.0. The molecule has 0 spiro atoms. The van der Waals surface area contributed by atoms with E-state index in [9.17, 15) is 10.5 Å². The Bertz CT molecular complexity index is 1960. The highest BCUT2D eigenvalue weighted by Gasteiger charge is 2.14. The third-order valence-electron chi connectivity index (χ3n) is 8.77. The molecule has 0 N–H and O–H groups in total. The lowest BCUT2D eigenvalue weighted by Crippen LogP contribution is -1.99. The Morgan fingerprint density at radius 2 is 1.06 bits per heavy atom. The van der Waals surface area contributed by atoms with Crippen LogP contribution in [0.1, 0.15) is 97.2 Å². The summed E-state index contributed by atoms with van der Waals surface area (Å²) in [5.74, 6) is 0. The number of rotatable bonds is 16. The Morgan fingerprint density at radius 3 is 1.51 bits per heavy atom. The number of benzene rings is 3. The average Bonchev–Trinajstić information content (AvgIpc) is 3.83. The summed E-state index contributed by atoms with van der Waals surface area (Å²) < 4.78 is 1.21. The van der Waals surface area contributed by atoms with Gasteiger partial charge in [-0.15, -0.1) is 22.7 Å². The SMILES string of the molecule is CCCCCCc1cc(/C=C(\C#N)c2ccc(-c3ccccc3)s2)c(CCCCCC)cc1C=C(C#N)c1ccc(-c2ccc(I)cc2)s1. The Kier molecular flexibility index (Phi) is 14.1. The summed E-state index contributed by atoms with van der Waals surface area (Å²) in [6.45, 7) is 4.48. The van der Waals surface area contributed by atoms with Crippen LogP contribution in [-0.4, -0.2) is 0 Å². The molecule has 0 atom stereocenters. The van der Waals surface area contributed by atoms with Crippen molar-refractivity contribution in [3.8, 4) is 33.0 Å². The number of aryl methyl sites for hydroxylation is 2. The molecule has 5 heteroatoms. The van der Waals surface area contributed by atoms with E-state index in [0.29, 0.717) is 11.1 Å². The predicted molar refractivity (Wildman–Crippen MR) is 221 cm³/mol. The summed E-state index contributed by atoms with van der Waals surface area (Å²) in [7, 11) is 0. The van der Waals surface area contributed by atoms with Gasteiger partial charge >= 0.3 is 0 Å². The fourth-order valence-electron chi connectivity index (χ4n) is 6.03. The molecule has 0 aliphatic carbocycles. The van der Waals surface area contributed by atoms with Crippen molar-refractivity contribution in [3.63, 3.8) is 0 Å². The first-order valence-electron chi connectivity index (χ1n) is 17.4. The average molecular weight is 791 g/mol. The minimum atomic E-state index is 0.696. The maximum absolute atomic E-state index is 10.4. The lowest BCUT2D eigenvalue weighted by atomic mass is 9.90. The molecule has 49 heavy (non-hydrogen) atoms. The van der Waals surface area contributed by atoms with Crippen LogP contribution in [0.5, 0.6) is 0 Å². The Balaban J connectivity index is 1.56. The molecule has 0 aliphatic heterocycles. The van der Waals surface area contributed by atoms with Crippen molar-refractivity contribution in [2.75, 3.05) is 0 Å². The normalized spacial score (nSPS) is 11.8. The Morgan fingerprint density at radius 1 is 0.592 bits per heavy atom. The number of allylic oxidation sites excluding steroid dienone is 2. The molecule has 0 saturated heterocycles. The number of nitriles is 2. The molecular weight excluding hydrogens is 748 g/mol. The van der Waals surface area contributed by atoms with Gasteiger partial charge in [0.15, 0.2) is 0 Å². The van der Waals surface area contributed by atoms with Gasteiger partial charge in [0.2, 0.25) is 0 Å². The molecule has 2 heterocycles. The highest BCUT2D eigenvalue weighted by atomic mass is 127. The summed E-state index contributed by atoms with van der Waals surface area (Å²) in [6, 6.07) is 37.0. The van der Waals surface area contributed by atoms with Crippen molar-refractivity contribution in [1.29, 1.82) is 10.5 Å². The van der Waals surface area contributed by atoms with Crippen LogP contribution in [0.25, 0.3) is 44.2 Å². The van der Waals surface area contributed by atoms with Gasteiger partial charge in [0.25, 0.3) is 0 Å². The number of nitrogens with zero attached hydrogens (tertiary/aromatic N) is 2. The van der Waals surface area contributed by atoms with E-state index >= 15 is 0 Å². The standard InChI is InChI=1S/C44H43IN2S2/c1-3-5-7-10-16-34-27-37(29-39(31-47)44-25-23-42(49-44)33-18-20-40(45)21-19-33)35(17-11-8-6-4-2)26-36(34)28-38(30-46)43-24-22-41(48-43)32-14-12-9-13-15-32/h9,12-15,18-29H,3-8,10-11,16-17H2,1-2H3/b38-28+,39-29?. The molecule has 3 aromatic carbocycles. The summed E-state index contributed by atoms with van der Waals surface area (Å²) >= 11 is 5.67. The van der Waals surface area contributed by atoms with E-state index in [2.05, 4.69) is 146 Å². The van der Waals surface area contributed by atoms with Crippen LogP contribution < -0.4 is 0 Å². The summed E-state index contributed by atoms with van der Waals surface area (Å²) in [5.41, 5.74) is 8.48. The van der Waals surface area contributed by atoms with Gasteiger partial charge in [-0.25, -0.2) is 0 Å². The van der Waals surface area contributed by atoms with Crippen molar-refractivity contribution in [3.05, 3.63) is 127 Å². The fourth-order valence-corrected chi connectivity index (χ4v) is 8.35. The molecule has 0 saturated carbocycles. The van der Waals surface area contributed by atoms with E-state index in [-0.39, 0.29) is 0 Å². The molecule has 0 unspecified atom stereocenters. The second kappa shape index (κ2) is 18.9. The Hall–Kier alpha value is -3.75. The van der Waals surface area contributed by atoms with E-state index in [1.807, 2.05) is 6.07 Å². The topological polar surface area (TPSA) is 47.6 Å². The molecule has 5 rings (SSSR count). The van der Waals surface area contributed by atoms with E-state index < -0.39 is 0 Å². The number of hydrogen-bond donors (Lipinski definition) is 0. The molecule has 2 aromatic heterocycles. The highest BCUT2D eigenvalue weighted by Crippen LogP contribution is 2.36. The van der Waals surface area contributed by atoms with Crippen molar-refractivity contribution in [2.45, 2.75) is 78.1 Å². The molecule has 0 amide bonds. The van der Waals surface area contributed by atoms with E-state index in [1.165, 1.54) is 64.3 Å². The molecule has 5 aromatic rings. The molecule has 0 aliphatic rings. The zero-order chi connectivity index (χ0) is 34.4. The number of unbranched alkanes of at least 4 members (excludes halogenated alkanes) is 6. The summed E-state index contributed by atoms with van der Waals surface area (Å²) in [4.78, 5) is 4.30. The monoisotopic (exact) mass is 790 g/mol. The van der Waals surface area contributed by atoms with Crippen molar-refractivity contribution in [1.82, 2.24) is 0 Å². The smallest absolute Gasteiger partial charge is 0.101 e. The van der Waals surface area contributed by atoms with E-state index in [1.54, 1.807) is 22.7 Å². The highest BCUT2D eigenvalue weighted by molar-refractivity contribution is 14.1. The van der Waals surface area contributed by atoms with Gasteiger partial charge in [0.05, 0.1) is 11.1 Å². The molecular formula is C44H43IN2S2. The van der Waals surface area contributed by atoms with Crippen LogP contribution in [0.4, 0.5) is 0 Å². The van der Waals surface area contributed by atoms with Crippen LogP contribution in [0.3, 0.4) is 0 Å². The number of thiophene rings is 2. The lowest BCUT2D eigenvalue weighted by Gasteiger charge is -2.15. The van der Waals surface area contributed by atoms with Crippen molar-refractivity contribution in [2.24, 2.45) is 0 Å². The minimum absolute atomic E-state index is 0.696. The van der Waals surface area contributed by atoms with Crippen molar-refractivity contribution < 1.29 is 0 Å². The third kappa shape index (κ3) is 10.1. The maximum atomic E-state index is 10.4. The lowest BCUT2D eigenvalue weighted by molar-refractivity contribution is 0.663. The summed E-state index contributed by atoms with van der Waals surface area (Å²) in [6.07, 6.45) is 15.5. The largest absolute Gasteiger partial charge is 0.192 e. The van der Waals surface area contributed by atoms with Gasteiger partial charge in [-0.05, 0) is 130 Å². The molecule has 0 radical (unpaired) electrons. The second-order valence-electron chi connectivity index (χ2n) is 12.4. The van der Waals surface area contributed by atoms with Crippen LogP contribution >= 0.6 is 45.3 Å². The first kappa shape index (κ1) is 36.5. The summed E-state index contributed by atoms with van der Waals surface area (Å²) in [5, 5.41) is 20.8. The second-order valence-corrected chi connectivity index (χ2v) is 15.8. The van der Waals surface area contributed by atoms with Gasteiger partial charge < -0.3 is 0 Å². The van der Waals surface area contributed by atoms with Gasteiger partial charge in [-0.3, -0.25) is 0 Å². The quantitative estimate of drug-likeness (QED) is 0.0568. The van der Waals surface area contributed by atoms with Crippen LogP contribution in [-0.2, 0) is 12.8 Å². The molecule has 2 nitrogen and oxygen atoms in total. The third-order valence-corrected chi connectivity index (χ3v) is 11.8. The number of hydrogen-bond acceptors (Lipinski definition) is 4. The minimum Gasteiger partial charge on any atom is -0.192 e. The van der Waals surface area contributed by atoms with Gasteiger partial charge in [0.1, 0.15) is 12.1 Å². The molecule has 248 valence electrons.